The van der Waals surface area contributed by atoms with E-state index in [-0.39, 0.29) is 23.9 Å². The summed E-state index contributed by atoms with van der Waals surface area (Å²) >= 11 is 0. The minimum Gasteiger partial charge on any atom is -0.394 e. The Kier molecular flexibility index (Phi) is 3.76. The van der Waals surface area contributed by atoms with E-state index in [9.17, 15) is 5.11 Å². The molecule has 0 aromatic heterocycles. The molecular formula is C14H27NO3. The molecule has 0 saturated carbocycles. The van der Waals surface area contributed by atoms with Gasteiger partial charge in [-0.2, -0.15) is 0 Å². The Morgan fingerprint density at radius 2 is 1.94 bits per heavy atom. The molecule has 1 N–H and O–H groups in total. The number of nitrogens with zero attached hydrogens (tertiary/aromatic N) is 1. The average molecular weight is 257 g/mol. The largest absolute Gasteiger partial charge is 0.394 e. The van der Waals surface area contributed by atoms with E-state index in [4.69, 9.17) is 9.47 Å². The molecule has 18 heavy (non-hydrogen) atoms. The minimum absolute atomic E-state index is 0.0549. The third-order valence-corrected chi connectivity index (χ3v) is 4.18. The van der Waals surface area contributed by atoms with Gasteiger partial charge in [0.1, 0.15) is 0 Å². The molecule has 2 heterocycles. The molecule has 0 amide bonds. The van der Waals surface area contributed by atoms with Crippen LogP contribution in [0.25, 0.3) is 0 Å². The van der Waals surface area contributed by atoms with Crippen molar-refractivity contribution in [2.24, 2.45) is 0 Å². The second-order valence-electron chi connectivity index (χ2n) is 6.87. The average Bonchev–Trinajstić information content (AvgIpc) is 2.47. The highest BCUT2D eigenvalue weighted by atomic mass is 16.5. The van der Waals surface area contributed by atoms with Crippen LogP contribution in [-0.2, 0) is 9.47 Å². The molecule has 2 aliphatic heterocycles. The lowest BCUT2D eigenvalue weighted by molar-refractivity contribution is -0.122. The maximum Gasteiger partial charge on any atom is 0.0933 e. The predicted octanol–water partition coefficient (Wildman–Crippen LogP) is 1.41. The van der Waals surface area contributed by atoms with Crippen LogP contribution >= 0.6 is 0 Å². The Morgan fingerprint density at radius 1 is 1.28 bits per heavy atom. The fourth-order valence-corrected chi connectivity index (χ4v) is 3.43. The second-order valence-corrected chi connectivity index (χ2v) is 6.87. The van der Waals surface area contributed by atoms with E-state index in [0.717, 1.165) is 13.0 Å². The lowest BCUT2D eigenvalue weighted by atomic mass is 9.91. The van der Waals surface area contributed by atoms with Crippen molar-refractivity contribution in [1.82, 2.24) is 4.90 Å². The summed E-state index contributed by atoms with van der Waals surface area (Å²) in [5.41, 5.74) is -0.212. The van der Waals surface area contributed by atoms with Crippen LogP contribution in [-0.4, -0.2) is 59.2 Å². The first-order valence-corrected chi connectivity index (χ1v) is 6.93. The second kappa shape index (κ2) is 4.75. The Labute approximate surface area is 110 Å². The van der Waals surface area contributed by atoms with Crippen molar-refractivity contribution in [3.63, 3.8) is 0 Å². The molecule has 0 spiro atoms. The van der Waals surface area contributed by atoms with Crippen molar-refractivity contribution in [3.05, 3.63) is 0 Å². The Morgan fingerprint density at radius 3 is 2.44 bits per heavy atom. The Hall–Kier alpha value is -0.160. The Bertz CT molecular complexity index is 303. The van der Waals surface area contributed by atoms with Crippen molar-refractivity contribution in [2.75, 3.05) is 19.8 Å². The monoisotopic (exact) mass is 257 g/mol. The summed E-state index contributed by atoms with van der Waals surface area (Å²) in [5, 5.41) is 9.29. The molecule has 3 atom stereocenters. The first kappa shape index (κ1) is 14.3. The van der Waals surface area contributed by atoms with Crippen molar-refractivity contribution < 1.29 is 14.6 Å². The predicted molar refractivity (Wildman–Crippen MR) is 70.6 cm³/mol. The van der Waals surface area contributed by atoms with Gasteiger partial charge in [0.15, 0.2) is 0 Å². The van der Waals surface area contributed by atoms with E-state index in [1.807, 2.05) is 0 Å². The van der Waals surface area contributed by atoms with Gasteiger partial charge in [-0.15, -0.1) is 0 Å². The zero-order valence-electron chi connectivity index (χ0n) is 12.3. The van der Waals surface area contributed by atoms with Gasteiger partial charge in [-0.3, -0.25) is 4.90 Å². The summed E-state index contributed by atoms with van der Waals surface area (Å²) in [6.07, 6.45) is 0.975. The maximum absolute atomic E-state index is 9.29. The van der Waals surface area contributed by atoms with E-state index >= 15 is 0 Å². The molecule has 2 rings (SSSR count). The number of aliphatic hydroxyl groups excluding tert-OH is 1. The molecule has 0 aromatic rings. The fourth-order valence-electron chi connectivity index (χ4n) is 3.43. The lowest BCUT2D eigenvalue weighted by Gasteiger charge is -2.44. The van der Waals surface area contributed by atoms with Crippen LogP contribution in [0.1, 0.15) is 41.0 Å². The standard InChI is InChI=1S/C14H27NO3/c1-10-9-17-11(8-16)7-15(10)12-6-13(2,3)18-14(12,4)5/h10-12,16H,6-9H2,1-5H3. The molecule has 2 saturated heterocycles. The van der Waals surface area contributed by atoms with Gasteiger partial charge in [0.2, 0.25) is 0 Å². The zero-order chi connectivity index (χ0) is 13.6. The zero-order valence-corrected chi connectivity index (χ0v) is 12.3. The van der Waals surface area contributed by atoms with Crippen LogP contribution < -0.4 is 0 Å². The number of hydrogen-bond donors (Lipinski definition) is 1. The normalized spacial score (nSPS) is 40.0. The number of morpholine rings is 1. The summed E-state index contributed by atoms with van der Waals surface area (Å²) in [5.74, 6) is 0. The van der Waals surface area contributed by atoms with Gasteiger partial charge in [0.25, 0.3) is 0 Å². The van der Waals surface area contributed by atoms with Crippen LogP contribution in [0.2, 0.25) is 0 Å². The topological polar surface area (TPSA) is 41.9 Å². The van der Waals surface area contributed by atoms with Gasteiger partial charge in [-0.1, -0.05) is 0 Å². The molecule has 2 fully saturated rings. The third-order valence-electron chi connectivity index (χ3n) is 4.18. The molecule has 106 valence electrons. The van der Waals surface area contributed by atoms with E-state index < -0.39 is 0 Å². The molecular weight excluding hydrogens is 230 g/mol. The van der Waals surface area contributed by atoms with Gasteiger partial charge in [-0.25, -0.2) is 0 Å². The van der Waals surface area contributed by atoms with Gasteiger partial charge < -0.3 is 14.6 Å². The van der Waals surface area contributed by atoms with Crippen molar-refractivity contribution in [2.45, 2.75) is 70.4 Å². The first-order valence-electron chi connectivity index (χ1n) is 6.93. The van der Waals surface area contributed by atoms with Gasteiger partial charge in [-0.05, 0) is 41.0 Å². The number of hydrogen-bond acceptors (Lipinski definition) is 4. The smallest absolute Gasteiger partial charge is 0.0933 e. The maximum atomic E-state index is 9.29. The molecule has 4 heteroatoms. The molecule has 3 unspecified atom stereocenters. The van der Waals surface area contributed by atoms with Gasteiger partial charge in [0, 0.05) is 18.6 Å². The minimum atomic E-state index is -0.144. The van der Waals surface area contributed by atoms with Gasteiger partial charge >= 0.3 is 0 Å². The highest BCUT2D eigenvalue weighted by Gasteiger charge is 2.50. The van der Waals surface area contributed by atoms with Gasteiger partial charge in [0.05, 0.1) is 30.5 Å². The van der Waals surface area contributed by atoms with Crippen LogP contribution in [0, 0.1) is 0 Å². The number of ether oxygens (including phenoxy) is 2. The van der Waals surface area contributed by atoms with E-state index in [2.05, 4.69) is 39.5 Å². The van der Waals surface area contributed by atoms with Crippen LogP contribution in [0.5, 0.6) is 0 Å². The highest BCUT2D eigenvalue weighted by molar-refractivity contribution is 5.02. The highest BCUT2D eigenvalue weighted by Crippen LogP contribution is 2.41. The van der Waals surface area contributed by atoms with Crippen LogP contribution in [0.15, 0.2) is 0 Å². The third kappa shape index (κ3) is 2.72. The van der Waals surface area contributed by atoms with E-state index in [1.54, 1.807) is 0 Å². The SMILES string of the molecule is CC1COC(CO)CN1C1CC(C)(C)OC1(C)C. The van der Waals surface area contributed by atoms with Crippen LogP contribution in [0.3, 0.4) is 0 Å². The molecule has 0 bridgehead atoms. The summed E-state index contributed by atoms with van der Waals surface area (Å²) in [7, 11) is 0. The quantitative estimate of drug-likeness (QED) is 0.812. The Balaban J connectivity index is 2.14. The first-order chi connectivity index (χ1) is 8.25. The number of aliphatic hydroxyl groups is 1. The summed E-state index contributed by atoms with van der Waals surface area (Å²) in [6, 6.07) is 0.773. The summed E-state index contributed by atoms with van der Waals surface area (Å²) in [6.45, 7) is 12.4. The number of rotatable bonds is 2. The molecule has 2 aliphatic rings. The lowest BCUT2D eigenvalue weighted by Crippen LogP contribution is -2.58. The molecule has 0 radical (unpaired) electrons. The van der Waals surface area contributed by atoms with E-state index in [1.165, 1.54) is 0 Å². The molecule has 0 aromatic carbocycles. The van der Waals surface area contributed by atoms with Crippen molar-refractivity contribution in [1.29, 1.82) is 0 Å². The van der Waals surface area contributed by atoms with Crippen LogP contribution in [0.4, 0.5) is 0 Å². The summed E-state index contributed by atoms with van der Waals surface area (Å²) < 4.78 is 11.8. The van der Waals surface area contributed by atoms with Crippen molar-refractivity contribution >= 4 is 0 Å². The summed E-state index contributed by atoms with van der Waals surface area (Å²) in [4.78, 5) is 2.46. The van der Waals surface area contributed by atoms with Crippen molar-refractivity contribution in [3.8, 4) is 0 Å². The molecule has 0 aliphatic carbocycles. The van der Waals surface area contributed by atoms with E-state index in [0.29, 0.717) is 18.7 Å². The molecule has 4 nitrogen and oxygen atoms in total. The fraction of sp³-hybridized carbons (Fsp3) is 1.00.